The van der Waals surface area contributed by atoms with Crippen LogP contribution >= 0.6 is 0 Å². The third-order valence-electron chi connectivity index (χ3n) is 2.58. The Balaban J connectivity index is 2.11. The van der Waals surface area contributed by atoms with E-state index in [1.165, 1.54) is 0 Å². The van der Waals surface area contributed by atoms with Crippen LogP contribution in [0.5, 0.6) is 0 Å². The van der Waals surface area contributed by atoms with E-state index in [1.807, 2.05) is 17.6 Å². The summed E-state index contributed by atoms with van der Waals surface area (Å²) in [6, 6.07) is 5.93. The Hall–Kier alpha value is -2.70. The van der Waals surface area contributed by atoms with E-state index < -0.39 is 29.7 Å². The number of anilines is 1. The molecule has 0 aromatic heterocycles. The molecule has 98 valence electrons. The molecule has 7 nitrogen and oxygen atoms in total. The molecule has 0 radical (unpaired) electrons. The third-order valence-corrected chi connectivity index (χ3v) is 2.58. The number of carbonyl (C=O) groups is 4. The largest absolute Gasteiger partial charge is 0.328 e. The van der Waals surface area contributed by atoms with Gasteiger partial charge in [0.15, 0.2) is 5.92 Å². The van der Waals surface area contributed by atoms with Crippen molar-refractivity contribution in [3.8, 4) is 0 Å². The van der Waals surface area contributed by atoms with Crippen LogP contribution in [0.4, 0.5) is 10.5 Å². The Kier molecular flexibility index (Phi) is 3.28. The highest BCUT2D eigenvalue weighted by molar-refractivity contribution is 6.28. The molecule has 1 aliphatic rings. The number of hydrogen-bond donors (Lipinski definition) is 3. The van der Waals surface area contributed by atoms with Crippen LogP contribution in [0.15, 0.2) is 24.3 Å². The molecule has 1 fully saturated rings. The first-order chi connectivity index (χ1) is 8.97. The van der Waals surface area contributed by atoms with Crippen molar-refractivity contribution in [1.29, 1.82) is 0 Å². The maximum atomic E-state index is 11.8. The lowest BCUT2D eigenvalue weighted by atomic mass is 10.1. The molecular weight excluding hydrogens is 250 g/mol. The number of aryl methyl sites for hydroxylation is 1. The fraction of sp³-hybridized carbons (Fsp3) is 0.167. The van der Waals surface area contributed by atoms with Gasteiger partial charge in [0.05, 0.1) is 0 Å². The molecule has 0 spiro atoms. The lowest BCUT2D eigenvalue weighted by molar-refractivity contribution is -0.141. The fourth-order valence-electron chi connectivity index (χ4n) is 1.61. The number of nitrogens with one attached hydrogen (secondary N) is 3. The van der Waals surface area contributed by atoms with E-state index >= 15 is 0 Å². The Morgan fingerprint density at radius 1 is 1.05 bits per heavy atom. The van der Waals surface area contributed by atoms with Gasteiger partial charge in [-0.25, -0.2) is 4.79 Å². The van der Waals surface area contributed by atoms with E-state index in [0.717, 1.165) is 5.56 Å². The summed E-state index contributed by atoms with van der Waals surface area (Å²) < 4.78 is 0. The van der Waals surface area contributed by atoms with Crippen LogP contribution in [-0.2, 0) is 14.4 Å². The van der Waals surface area contributed by atoms with Crippen LogP contribution in [0.25, 0.3) is 0 Å². The van der Waals surface area contributed by atoms with E-state index in [9.17, 15) is 19.2 Å². The molecule has 0 unspecified atom stereocenters. The van der Waals surface area contributed by atoms with E-state index in [1.54, 1.807) is 24.3 Å². The summed E-state index contributed by atoms with van der Waals surface area (Å²) in [7, 11) is 0. The number of rotatable bonds is 2. The number of carbonyl (C=O) groups excluding carboxylic acids is 4. The van der Waals surface area contributed by atoms with Crippen LogP contribution in [0.2, 0.25) is 0 Å². The topological polar surface area (TPSA) is 104 Å². The van der Waals surface area contributed by atoms with Gasteiger partial charge < -0.3 is 5.32 Å². The van der Waals surface area contributed by atoms with Crippen molar-refractivity contribution in [2.45, 2.75) is 6.92 Å². The van der Waals surface area contributed by atoms with Gasteiger partial charge in [0, 0.05) is 5.69 Å². The van der Waals surface area contributed by atoms with Gasteiger partial charge >= 0.3 is 6.03 Å². The lowest BCUT2D eigenvalue weighted by Crippen LogP contribution is -2.58. The SMILES string of the molecule is Cc1ccc(NC(=O)C2C(=O)NC(=O)NC2=O)cc1. The highest BCUT2D eigenvalue weighted by Gasteiger charge is 2.39. The molecule has 0 aliphatic carbocycles. The number of imide groups is 2. The van der Waals surface area contributed by atoms with Crippen molar-refractivity contribution in [1.82, 2.24) is 10.6 Å². The first-order valence-corrected chi connectivity index (χ1v) is 5.50. The van der Waals surface area contributed by atoms with Crippen molar-refractivity contribution in [2.75, 3.05) is 5.32 Å². The van der Waals surface area contributed by atoms with Crippen molar-refractivity contribution < 1.29 is 19.2 Å². The molecule has 19 heavy (non-hydrogen) atoms. The average molecular weight is 261 g/mol. The van der Waals surface area contributed by atoms with Crippen LogP contribution in [0, 0.1) is 12.8 Å². The van der Waals surface area contributed by atoms with E-state index in [2.05, 4.69) is 5.32 Å². The first kappa shape index (κ1) is 12.7. The van der Waals surface area contributed by atoms with E-state index in [4.69, 9.17) is 0 Å². The Labute approximate surface area is 108 Å². The summed E-state index contributed by atoms with van der Waals surface area (Å²) in [6.45, 7) is 1.89. The summed E-state index contributed by atoms with van der Waals surface area (Å²) in [6.07, 6.45) is 0. The predicted molar refractivity (Wildman–Crippen MR) is 65.0 cm³/mol. The molecule has 3 N–H and O–H groups in total. The van der Waals surface area contributed by atoms with Gasteiger partial charge in [0.2, 0.25) is 17.7 Å². The van der Waals surface area contributed by atoms with Crippen LogP contribution < -0.4 is 16.0 Å². The zero-order valence-corrected chi connectivity index (χ0v) is 10.0. The van der Waals surface area contributed by atoms with Gasteiger partial charge in [-0.15, -0.1) is 0 Å². The number of urea groups is 1. The minimum absolute atomic E-state index is 0.466. The fourth-order valence-corrected chi connectivity index (χ4v) is 1.61. The van der Waals surface area contributed by atoms with Crippen LogP contribution in [0.1, 0.15) is 5.56 Å². The van der Waals surface area contributed by atoms with Gasteiger partial charge in [-0.1, -0.05) is 17.7 Å². The summed E-state index contributed by atoms with van der Waals surface area (Å²) >= 11 is 0. The number of hydrogen-bond acceptors (Lipinski definition) is 4. The van der Waals surface area contributed by atoms with Gasteiger partial charge in [0.25, 0.3) is 0 Å². The molecule has 1 aliphatic heterocycles. The number of benzene rings is 1. The second-order valence-electron chi connectivity index (χ2n) is 4.10. The molecular formula is C12H11N3O4. The molecule has 1 aromatic carbocycles. The van der Waals surface area contributed by atoms with E-state index in [-0.39, 0.29) is 0 Å². The third kappa shape index (κ3) is 2.76. The van der Waals surface area contributed by atoms with E-state index in [0.29, 0.717) is 5.69 Å². The standard InChI is InChI=1S/C12H11N3O4/c1-6-2-4-7(5-3-6)13-9(16)8-10(17)14-12(19)15-11(8)18/h2-5,8H,1H3,(H,13,16)(H2,14,15,17,18,19). The molecule has 2 rings (SSSR count). The Morgan fingerprint density at radius 3 is 2.11 bits per heavy atom. The monoisotopic (exact) mass is 261 g/mol. The zero-order chi connectivity index (χ0) is 14.0. The maximum absolute atomic E-state index is 11.8. The number of amides is 5. The summed E-state index contributed by atoms with van der Waals surface area (Å²) in [5.74, 6) is -4.22. The average Bonchev–Trinajstić information content (AvgIpc) is 2.30. The molecule has 0 saturated carbocycles. The Morgan fingerprint density at radius 2 is 1.58 bits per heavy atom. The second-order valence-corrected chi connectivity index (χ2v) is 4.10. The zero-order valence-electron chi connectivity index (χ0n) is 10.0. The second kappa shape index (κ2) is 4.89. The first-order valence-electron chi connectivity index (χ1n) is 5.50. The minimum atomic E-state index is -1.57. The summed E-state index contributed by atoms with van der Waals surface area (Å²) in [5, 5.41) is 6.17. The molecule has 0 bridgehead atoms. The van der Waals surface area contributed by atoms with Crippen molar-refractivity contribution in [2.24, 2.45) is 5.92 Å². The van der Waals surface area contributed by atoms with Crippen molar-refractivity contribution in [3.05, 3.63) is 29.8 Å². The molecule has 7 heteroatoms. The van der Waals surface area contributed by atoms with Crippen LogP contribution in [-0.4, -0.2) is 23.8 Å². The smallest absolute Gasteiger partial charge is 0.325 e. The van der Waals surface area contributed by atoms with Gasteiger partial charge in [0.1, 0.15) is 0 Å². The molecule has 1 aromatic rings. The Bertz CT molecular complexity index is 545. The van der Waals surface area contributed by atoms with Crippen molar-refractivity contribution in [3.63, 3.8) is 0 Å². The lowest BCUT2D eigenvalue weighted by Gasteiger charge is -2.19. The highest BCUT2D eigenvalue weighted by Crippen LogP contribution is 2.11. The highest BCUT2D eigenvalue weighted by atomic mass is 16.2. The van der Waals surface area contributed by atoms with Gasteiger partial charge in [-0.05, 0) is 19.1 Å². The minimum Gasteiger partial charge on any atom is -0.325 e. The quantitative estimate of drug-likeness (QED) is 0.647. The summed E-state index contributed by atoms with van der Waals surface area (Å²) in [5.41, 5.74) is 1.48. The maximum Gasteiger partial charge on any atom is 0.328 e. The van der Waals surface area contributed by atoms with Crippen molar-refractivity contribution >= 4 is 29.4 Å². The molecule has 1 heterocycles. The van der Waals surface area contributed by atoms with Crippen LogP contribution in [0.3, 0.4) is 0 Å². The van der Waals surface area contributed by atoms with Gasteiger partial charge in [-0.3, -0.25) is 25.0 Å². The summed E-state index contributed by atoms with van der Waals surface area (Å²) in [4.78, 5) is 45.6. The molecule has 1 saturated heterocycles. The predicted octanol–water partition coefficient (Wildman–Crippen LogP) is -0.0843. The van der Waals surface area contributed by atoms with Gasteiger partial charge in [-0.2, -0.15) is 0 Å². The molecule has 5 amide bonds. The molecule has 0 atom stereocenters. The normalized spacial score (nSPS) is 15.7. The number of barbiturate groups is 1.